The van der Waals surface area contributed by atoms with Crippen molar-refractivity contribution in [2.24, 2.45) is 5.92 Å². The summed E-state index contributed by atoms with van der Waals surface area (Å²) in [4.78, 5) is 0. The fourth-order valence-corrected chi connectivity index (χ4v) is 2.78. The van der Waals surface area contributed by atoms with Gasteiger partial charge < -0.3 is 5.11 Å². The van der Waals surface area contributed by atoms with Gasteiger partial charge in [-0.3, -0.25) is 0 Å². The summed E-state index contributed by atoms with van der Waals surface area (Å²) >= 11 is 1.84. The monoisotopic (exact) mass is 238 g/mol. The number of benzene rings is 1. The maximum Gasteiger partial charge on any atom is 0.0958 e. The summed E-state index contributed by atoms with van der Waals surface area (Å²) < 4.78 is 0. The smallest absolute Gasteiger partial charge is 0.0958 e. The molecule has 1 aromatic rings. The summed E-state index contributed by atoms with van der Waals surface area (Å²) in [6, 6.07) is 9.91. The van der Waals surface area contributed by atoms with Crippen LogP contribution in [0.3, 0.4) is 0 Å². The van der Waals surface area contributed by atoms with E-state index in [2.05, 4.69) is 13.8 Å². The molecule has 90 valence electrons. The molecule has 1 aromatic carbocycles. The Balaban J connectivity index is 2.46. The fraction of sp³-hybridized carbons (Fsp3) is 0.571. The number of thioether (sulfide) groups is 1. The summed E-state index contributed by atoms with van der Waals surface area (Å²) in [5.41, 5.74) is 0.297. The quantitative estimate of drug-likeness (QED) is 0.816. The maximum absolute atomic E-state index is 10.4. The molecule has 1 nitrogen and oxygen atoms in total. The highest BCUT2D eigenvalue weighted by molar-refractivity contribution is 7.99. The van der Waals surface area contributed by atoms with Gasteiger partial charge in [0.05, 0.1) is 5.60 Å². The largest absolute Gasteiger partial charge is 0.385 e. The van der Waals surface area contributed by atoms with Gasteiger partial charge >= 0.3 is 0 Å². The highest BCUT2D eigenvalue weighted by atomic mass is 32.2. The molecule has 1 rings (SSSR count). The summed E-state index contributed by atoms with van der Waals surface area (Å²) in [7, 11) is 0. The van der Waals surface area contributed by atoms with Crippen molar-refractivity contribution in [1.82, 2.24) is 0 Å². The first-order valence-electron chi connectivity index (χ1n) is 5.92. The van der Waals surface area contributed by atoms with Crippen LogP contribution < -0.4 is 0 Å². The molecule has 0 aliphatic rings. The van der Waals surface area contributed by atoms with Crippen molar-refractivity contribution < 1.29 is 5.11 Å². The second kappa shape index (κ2) is 6.31. The molecule has 0 radical (unpaired) electrons. The molecule has 0 bridgehead atoms. The fourth-order valence-electron chi connectivity index (χ4n) is 1.46. The molecular weight excluding hydrogens is 216 g/mol. The zero-order chi connectivity index (χ0) is 12.0. The second-order valence-electron chi connectivity index (χ2n) is 4.67. The Morgan fingerprint density at radius 1 is 1.31 bits per heavy atom. The standard InChI is InChI=1S/C14H22OS/c1-4-12(2)10-16-11-14(3,15)13-8-6-5-7-9-13/h5-9,12,15H,4,10-11H2,1-3H3. The van der Waals surface area contributed by atoms with Crippen molar-refractivity contribution >= 4 is 11.8 Å². The Kier molecular flexibility index (Phi) is 5.36. The molecule has 0 amide bonds. The number of hydrogen-bond acceptors (Lipinski definition) is 2. The van der Waals surface area contributed by atoms with Crippen LogP contribution >= 0.6 is 11.8 Å². The van der Waals surface area contributed by atoms with Gasteiger partial charge in [0.1, 0.15) is 0 Å². The third-order valence-corrected chi connectivity index (χ3v) is 4.45. The minimum atomic E-state index is -0.709. The van der Waals surface area contributed by atoms with Crippen molar-refractivity contribution in [1.29, 1.82) is 0 Å². The van der Waals surface area contributed by atoms with E-state index in [1.54, 1.807) is 0 Å². The second-order valence-corrected chi connectivity index (χ2v) is 5.70. The van der Waals surface area contributed by atoms with Gasteiger partial charge in [0.25, 0.3) is 0 Å². The number of hydrogen-bond donors (Lipinski definition) is 1. The van der Waals surface area contributed by atoms with Crippen LogP contribution in [0.4, 0.5) is 0 Å². The molecule has 0 aliphatic heterocycles. The van der Waals surface area contributed by atoms with Crippen molar-refractivity contribution in [2.45, 2.75) is 32.8 Å². The molecule has 0 fully saturated rings. The minimum absolute atomic E-state index is 0.709. The van der Waals surface area contributed by atoms with Crippen molar-refractivity contribution in [3.63, 3.8) is 0 Å². The van der Waals surface area contributed by atoms with E-state index in [9.17, 15) is 5.11 Å². The van der Waals surface area contributed by atoms with Crippen LogP contribution in [0.25, 0.3) is 0 Å². The molecule has 2 atom stereocenters. The molecule has 16 heavy (non-hydrogen) atoms. The van der Waals surface area contributed by atoms with E-state index in [-0.39, 0.29) is 0 Å². The molecule has 0 aromatic heterocycles. The van der Waals surface area contributed by atoms with E-state index in [1.165, 1.54) is 6.42 Å². The first-order chi connectivity index (χ1) is 7.56. The molecule has 0 saturated heterocycles. The minimum Gasteiger partial charge on any atom is -0.385 e. The molecule has 2 heteroatoms. The summed E-state index contributed by atoms with van der Waals surface area (Å²) in [5, 5.41) is 10.4. The molecule has 1 N–H and O–H groups in total. The Labute approximate surface area is 103 Å². The first-order valence-corrected chi connectivity index (χ1v) is 7.07. The van der Waals surface area contributed by atoms with Gasteiger partial charge in [-0.15, -0.1) is 0 Å². The van der Waals surface area contributed by atoms with Crippen molar-refractivity contribution in [3.05, 3.63) is 35.9 Å². The van der Waals surface area contributed by atoms with Crippen LogP contribution in [-0.4, -0.2) is 16.6 Å². The first kappa shape index (κ1) is 13.6. The zero-order valence-electron chi connectivity index (χ0n) is 10.4. The van der Waals surface area contributed by atoms with Gasteiger partial charge in [0.2, 0.25) is 0 Å². The predicted molar refractivity (Wildman–Crippen MR) is 72.8 cm³/mol. The van der Waals surface area contributed by atoms with Crippen molar-refractivity contribution in [3.8, 4) is 0 Å². The van der Waals surface area contributed by atoms with E-state index in [0.29, 0.717) is 0 Å². The normalized spacial score (nSPS) is 16.8. The van der Waals surface area contributed by atoms with Crippen LogP contribution in [0.5, 0.6) is 0 Å². The number of rotatable bonds is 6. The third kappa shape index (κ3) is 4.18. The summed E-state index contributed by atoms with van der Waals surface area (Å²) in [6.45, 7) is 6.36. The predicted octanol–water partition coefficient (Wildman–Crippen LogP) is 3.67. The topological polar surface area (TPSA) is 20.2 Å². The van der Waals surface area contributed by atoms with Gasteiger partial charge in [0, 0.05) is 5.75 Å². The summed E-state index contributed by atoms with van der Waals surface area (Å²) in [5.74, 6) is 2.62. The average molecular weight is 238 g/mol. The molecular formula is C14H22OS. The van der Waals surface area contributed by atoms with Crippen molar-refractivity contribution in [2.75, 3.05) is 11.5 Å². The number of aliphatic hydroxyl groups is 1. The highest BCUT2D eigenvalue weighted by Crippen LogP contribution is 2.26. The Hall–Kier alpha value is -0.470. The van der Waals surface area contributed by atoms with Gasteiger partial charge in [0.15, 0.2) is 0 Å². The maximum atomic E-state index is 10.4. The summed E-state index contributed by atoms with van der Waals surface area (Å²) in [6.07, 6.45) is 1.21. The molecule has 0 spiro atoms. The third-order valence-electron chi connectivity index (χ3n) is 2.88. The van der Waals surface area contributed by atoms with E-state index in [1.807, 2.05) is 49.0 Å². The lowest BCUT2D eigenvalue weighted by molar-refractivity contribution is 0.0839. The lowest BCUT2D eigenvalue weighted by Gasteiger charge is -2.24. The lowest BCUT2D eigenvalue weighted by Crippen LogP contribution is -2.24. The average Bonchev–Trinajstić information content (AvgIpc) is 2.30. The van der Waals surface area contributed by atoms with Crippen LogP contribution in [0, 0.1) is 5.92 Å². The van der Waals surface area contributed by atoms with Crippen LogP contribution in [-0.2, 0) is 5.60 Å². The van der Waals surface area contributed by atoms with E-state index in [4.69, 9.17) is 0 Å². The van der Waals surface area contributed by atoms with Crippen LogP contribution in [0.1, 0.15) is 32.8 Å². The van der Waals surface area contributed by atoms with Crippen LogP contribution in [0.2, 0.25) is 0 Å². The van der Waals surface area contributed by atoms with Crippen LogP contribution in [0.15, 0.2) is 30.3 Å². The van der Waals surface area contributed by atoms with E-state index < -0.39 is 5.60 Å². The Bertz CT molecular complexity index is 295. The SMILES string of the molecule is CCC(C)CSCC(C)(O)c1ccccc1. The zero-order valence-corrected chi connectivity index (χ0v) is 11.3. The van der Waals surface area contributed by atoms with Gasteiger partial charge in [-0.2, -0.15) is 11.8 Å². The Morgan fingerprint density at radius 2 is 1.94 bits per heavy atom. The van der Waals surface area contributed by atoms with Gasteiger partial charge in [-0.25, -0.2) is 0 Å². The lowest BCUT2D eigenvalue weighted by atomic mass is 9.99. The van der Waals surface area contributed by atoms with E-state index in [0.717, 1.165) is 23.0 Å². The molecule has 0 heterocycles. The van der Waals surface area contributed by atoms with Gasteiger partial charge in [-0.05, 0) is 24.2 Å². The van der Waals surface area contributed by atoms with E-state index >= 15 is 0 Å². The van der Waals surface area contributed by atoms with Gasteiger partial charge in [-0.1, -0.05) is 50.6 Å². The molecule has 2 unspecified atom stereocenters. The molecule has 0 saturated carbocycles. The molecule has 0 aliphatic carbocycles. The Morgan fingerprint density at radius 3 is 2.50 bits per heavy atom. The highest BCUT2D eigenvalue weighted by Gasteiger charge is 2.22.